The number of rotatable bonds is 5. The van der Waals surface area contributed by atoms with Gasteiger partial charge >= 0.3 is 0 Å². The number of para-hydroxylation sites is 1. The van der Waals surface area contributed by atoms with Gasteiger partial charge in [-0.05, 0) is 43.5 Å². The van der Waals surface area contributed by atoms with Crippen LogP contribution in [0.25, 0.3) is 5.57 Å². The highest BCUT2D eigenvalue weighted by Crippen LogP contribution is 2.41. The summed E-state index contributed by atoms with van der Waals surface area (Å²) in [5, 5.41) is 0. The molecule has 6 nitrogen and oxygen atoms in total. The lowest BCUT2D eigenvalue weighted by molar-refractivity contribution is -0.120. The number of amides is 2. The summed E-state index contributed by atoms with van der Waals surface area (Å²) in [6, 6.07) is 12.8. The van der Waals surface area contributed by atoms with Crippen LogP contribution in [0.15, 0.2) is 48.2 Å². The molecule has 6 heteroatoms. The number of hydrogen-bond acceptors (Lipinski definition) is 5. The summed E-state index contributed by atoms with van der Waals surface area (Å²) in [6.07, 6.45) is 2.00. The Labute approximate surface area is 170 Å². The zero-order valence-electron chi connectivity index (χ0n) is 16.9. The first-order valence-corrected chi connectivity index (χ1v) is 9.73. The second-order valence-corrected chi connectivity index (χ2v) is 7.24. The Morgan fingerprint density at radius 1 is 0.862 bits per heavy atom. The normalized spacial score (nSPS) is 16.8. The van der Waals surface area contributed by atoms with Gasteiger partial charge in [-0.3, -0.25) is 9.59 Å². The predicted molar refractivity (Wildman–Crippen MR) is 111 cm³/mol. The van der Waals surface area contributed by atoms with Gasteiger partial charge in [0, 0.05) is 18.7 Å². The number of aryl methyl sites for hydroxylation is 1. The second kappa shape index (κ2) is 7.62. The van der Waals surface area contributed by atoms with E-state index in [0.717, 1.165) is 31.5 Å². The van der Waals surface area contributed by atoms with Crippen molar-refractivity contribution in [1.82, 2.24) is 4.90 Å². The molecule has 0 spiro atoms. The minimum absolute atomic E-state index is 0.318. The Hall–Kier alpha value is -3.28. The fourth-order valence-corrected chi connectivity index (χ4v) is 4.04. The van der Waals surface area contributed by atoms with Gasteiger partial charge in [0.1, 0.15) is 17.2 Å². The van der Waals surface area contributed by atoms with Gasteiger partial charge in [0.2, 0.25) is 0 Å². The number of anilines is 1. The number of likely N-dealkylation sites (tertiary alicyclic amines) is 1. The van der Waals surface area contributed by atoms with E-state index in [9.17, 15) is 9.59 Å². The number of nitrogens with zero attached hydrogens (tertiary/aromatic N) is 2. The number of carbonyl (C=O) groups is 2. The van der Waals surface area contributed by atoms with E-state index in [0.29, 0.717) is 34.0 Å². The Kier molecular flexibility index (Phi) is 5.01. The molecule has 2 aliphatic heterocycles. The van der Waals surface area contributed by atoms with Gasteiger partial charge in [-0.15, -0.1) is 0 Å². The van der Waals surface area contributed by atoms with Gasteiger partial charge in [-0.1, -0.05) is 24.3 Å². The Bertz CT molecular complexity index is 1010. The van der Waals surface area contributed by atoms with Gasteiger partial charge in [0.25, 0.3) is 11.8 Å². The van der Waals surface area contributed by atoms with E-state index in [1.165, 1.54) is 12.0 Å². The van der Waals surface area contributed by atoms with Crippen LogP contribution < -0.4 is 14.4 Å². The molecular formula is C23H24N2O4. The largest absolute Gasteiger partial charge is 0.496 e. The molecule has 2 amide bonds. The summed E-state index contributed by atoms with van der Waals surface area (Å²) in [6.45, 7) is 3.43. The Morgan fingerprint density at radius 2 is 1.55 bits per heavy atom. The molecule has 0 bridgehead atoms. The van der Waals surface area contributed by atoms with Crippen LogP contribution in [-0.4, -0.2) is 44.0 Å². The molecule has 1 fully saturated rings. The van der Waals surface area contributed by atoms with Crippen LogP contribution in [0.2, 0.25) is 0 Å². The molecule has 150 valence electrons. The maximum Gasteiger partial charge on any atom is 0.282 e. The molecule has 0 aromatic heterocycles. The molecule has 29 heavy (non-hydrogen) atoms. The molecule has 0 atom stereocenters. The van der Waals surface area contributed by atoms with Crippen molar-refractivity contribution in [3.63, 3.8) is 0 Å². The first-order chi connectivity index (χ1) is 14.1. The average Bonchev–Trinajstić information content (AvgIpc) is 3.34. The third kappa shape index (κ3) is 3.14. The fourth-order valence-electron chi connectivity index (χ4n) is 4.04. The van der Waals surface area contributed by atoms with Crippen molar-refractivity contribution in [2.45, 2.75) is 19.8 Å². The standard InChI is InChI=1S/C23H24N2O4/c1-15-10-11-19(29-3)17(14-15)25-22(26)20(16-8-4-5-9-18(16)28-2)21(23(25)27)24-12-6-7-13-24/h4-5,8-11,14H,6-7,12-13H2,1-3H3. The van der Waals surface area contributed by atoms with E-state index < -0.39 is 0 Å². The third-order valence-corrected chi connectivity index (χ3v) is 5.43. The highest BCUT2D eigenvalue weighted by molar-refractivity contribution is 6.46. The molecule has 4 rings (SSSR count). The lowest BCUT2D eigenvalue weighted by Gasteiger charge is -2.21. The van der Waals surface area contributed by atoms with E-state index in [4.69, 9.17) is 9.47 Å². The summed E-state index contributed by atoms with van der Waals surface area (Å²) in [5.74, 6) is 0.379. The maximum absolute atomic E-state index is 13.6. The second-order valence-electron chi connectivity index (χ2n) is 7.24. The van der Waals surface area contributed by atoms with Crippen LogP contribution in [0.5, 0.6) is 11.5 Å². The fraction of sp³-hybridized carbons (Fsp3) is 0.304. The molecule has 0 aliphatic carbocycles. The van der Waals surface area contributed by atoms with Crippen molar-refractivity contribution in [3.8, 4) is 11.5 Å². The smallest absolute Gasteiger partial charge is 0.282 e. The molecule has 2 aromatic rings. The molecular weight excluding hydrogens is 368 g/mol. The third-order valence-electron chi connectivity index (χ3n) is 5.43. The lowest BCUT2D eigenvalue weighted by atomic mass is 10.0. The number of methoxy groups -OCH3 is 2. The van der Waals surface area contributed by atoms with Crippen molar-refractivity contribution in [3.05, 3.63) is 59.3 Å². The van der Waals surface area contributed by atoms with E-state index in [1.54, 1.807) is 25.3 Å². The van der Waals surface area contributed by atoms with E-state index in [-0.39, 0.29) is 11.8 Å². The predicted octanol–water partition coefficient (Wildman–Crippen LogP) is 3.39. The van der Waals surface area contributed by atoms with Crippen molar-refractivity contribution < 1.29 is 19.1 Å². The number of benzene rings is 2. The SMILES string of the molecule is COc1ccccc1C1=C(N2CCCC2)C(=O)N(c2cc(C)ccc2OC)C1=O. The zero-order chi connectivity index (χ0) is 20.5. The maximum atomic E-state index is 13.6. The van der Waals surface area contributed by atoms with E-state index in [1.807, 2.05) is 36.1 Å². The highest BCUT2D eigenvalue weighted by Gasteiger charge is 2.44. The molecule has 0 saturated carbocycles. The monoisotopic (exact) mass is 392 g/mol. The average molecular weight is 392 g/mol. The summed E-state index contributed by atoms with van der Waals surface area (Å²) >= 11 is 0. The molecule has 0 unspecified atom stereocenters. The van der Waals surface area contributed by atoms with Gasteiger partial charge in [-0.25, -0.2) is 4.90 Å². The van der Waals surface area contributed by atoms with Crippen molar-refractivity contribution in [2.75, 3.05) is 32.2 Å². The Morgan fingerprint density at radius 3 is 2.24 bits per heavy atom. The summed E-state index contributed by atoms with van der Waals surface area (Å²) in [5.41, 5.74) is 2.86. The van der Waals surface area contributed by atoms with Gasteiger partial charge in [-0.2, -0.15) is 0 Å². The number of hydrogen-bond donors (Lipinski definition) is 0. The minimum atomic E-state index is -0.356. The van der Waals surface area contributed by atoms with Crippen LogP contribution >= 0.6 is 0 Å². The van der Waals surface area contributed by atoms with E-state index >= 15 is 0 Å². The molecule has 0 radical (unpaired) electrons. The van der Waals surface area contributed by atoms with Crippen LogP contribution in [-0.2, 0) is 9.59 Å². The molecule has 0 N–H and O–H groups in total. The number of imide groups is 1. The quantitative estimate of drug-likeness (QED) is 0.730. The van der Waals surface area contributed by atoms with E-state index in [2.05, 4.69) is 0 Å². The Balaban J connectivity index is 1.90. The van der Waals surface area contributed by atoms with Crippen molar-refractivity contribution in [1.29, 1.82) is 0 Å². The first-order valence-electron chi connectivity index (χ1n) is 9.73. The lowest BCUT2D eigenvalue weighted by Crippen LogP contribution is -2.34. The molecule has 2 aromatic carbocycles. The van der Waals surface area contributed by atoms with Crippen LogP contribution in [0.3, 0.4) is 0 Å². The zero-order valence-corrected chi connectivity index (χ0v) is 16.9. The van der Waals surface area contributed by atoms with Crippen LogP contribution in [0.4, 0.5) is 5.69 Å². The summed E-state index contributed by atoms with van der Waals surface area (Å²) in [4.78, 5) is 30.5. The topological polar surface area (TPSA) is 59.1 Å². The first kappa shape index (κ1) is 19.1. The molecule has 2 heterocycles. The number of ether oxygens (including phenoxy) is 2. The summed E-state index contributed by atoms with van der Waals surface area (Å²) < 4.78 is 11.0. The highest BCUT2D eigenvalue weighted by atomic mass is 16.5. The van der Waals surface area contributed by atoms with Gasteiger partial charge in [0.05, 0.1) is 25.5 Å². The van der Waals surface area contributed by atoms with Gasteiger partial charge in [0.15, 0.2) is 0 Å². The van der Waals surface area contributed by atoms with Crippen LogP contribution in [0.1, 0.15) is 24.0 Å². The van der Waals surface area contributed by atoms with Crippen molar-refractivity contribution in [2.24, 2.45) is 0 Å². The minimum Gasteiger partial charge on any atom is -0.496 e. The van der Waals surface area contributed by atoms with Crippen LogP contribution in [0, 0.1) is 6.92 Å². The molecule has 2 aliphatic rings. The van der Waals surface area contributed by atoms with Crippen molar-refractivity contribution >= 4 is 23.1 Å². The molecule has 1 saturated heterocycles. The summed E-state index contributed by atoms with van der Waals surface area (Å²) in [7, 11) is 3.10. The number of carbonyl (C=O) groups excluding carboxylic acids is 2. The van der Waals surface area contributed by atoms with Gasteiger partial charge < -0.3 is 14.4 Å².